The van der Waals surface area contributed by atoms with Crippen molar-refractivity contribution in [2.75, 3.05) is 5.32 Å². The second-order valence-corrected chi connectivity index (χ2v) is 6.84. The molecule has 2 aromatic rings. The number of aryl methyl sites for hydroxylation is 1. The number of aromatic nitrogens is 2. The van der Waals surface area contributed by atoms with Crippen LogP contribution in [0.5, 0.6) is 0 Å². The first kappa shape index (κ1) is 17.9. The molecule has 2 fully saturated rings. The highest BCUT2D eigenvalue weighted by molar-refractivity contribution is 6.04. The zero-order chi connectivity index (χ0) is 16.7. The molecule has 2 aliphatic carbocycles. The van der Waals surface area contributed by atoms with E-state index in [1.807, 2.05) is 0 Å². The van der Waals surface area contributed by atoms with Crippen molar-refractivity contribution in [2.24, 2.45) is 7.05 Å². The Morgan fingerprint density at radius 2 is 2.16 bits per heavy atom. The summed E-state index contributed by atoms with van der Waals surface area (Å²) in [5.41, 5.74) is 1.75. The lowest BCUT2D eigenvalue weighted by atomic mass is 9.93. The Morgan fingerprint density at radius 1 is 1.36 bits per heavy atom. The van der Waals surface area contributed by atoms with Crippen LogP contribution < -0.4 is 10.6 Å². The molecule has 5 nitrogen and oxygen atoms in total. The largest absolute Gasteiger partial charge is 0.319 e. The summed E-state index contributed by atoms with van der Waals surface area (Å²) in [7, 11) is 1.79. The van der Waals surface area contributed by atoms with Gasteiger partial charge in [-0.3, -0.25) is 9.48 Å². The van der Waals surface area contributed by atoms with E-state index in [0.29, 0.717) is 28.9 Å². The van der Waals surface area contributed by atoms with Gasteiger partial charge in [0.25, 0.3) is 5.91 Å². The van der Waals surface area contributed by atoms with E-state index >= 15 is 0 Å². The molecule has 134 valence electrons. The summed E-state index contributed by atoms with van der Waals surface area (Å²) in [6, 6.07) is 5.56. The van der Waals surface area contributed by atoms with Gasteiger partial charge in [0.1, 0.15) is 5.82 Å². The van der Waals surface area contributed by atoms with Crippen LogP contribution in [0.2, 0.25) is 0 Å². The molecule has 0 aliphatic heterocycles. The van der Waals surface area contributed by atoms with Crippen molar-refractivity contribution in [3.63, 3.8) is 0 Å². The topological polar surface area (TPSA) is 59.0 Å². The summed E-state index contributed by atoms with van der Waals surface area (Å²) in [6.07, 6.45) is 7.98. The summed E-state index contributed by atoms with van der Waals surface area (Å²) in [5.74, 6) is -0.291. The van der Waals surface area contributed by atoms with Gasteiger partial charge < -0.3 is 10.6 Å². The van der Waals surface area contributed by atoms with Gasteiger partial charge >= 0.3 is 0 Å². The fourth-order valence-electron chi connectivity index (χ4n) is 3.26. The maximum absolute atomic E-state index is 14.2. The summed E-state index contributed by atoms with van der Waals surface area (Å²) < 4.78 is 15.8. The average molecular weight is 365 g/mol. The number of amides is 1. The number of hydrogen-bond donors (Lipinski definition) is 2. The van der Waals surface area contributed by atoms with E-state index in [2.05, 4.69) is 15.7 Å². The second-order valence-electron chi connectivity index (χ2n) is 6.84. The number of halogens is 2. The van der Waals surface area contributed by atoms with Crippen LogP contribution in [0.1, 0.15) is 47.5 Å². The van der Waals surface area contributed by atoms with Gasteiger partial charge in [0.2, 0.25) is 0 Å². The highest BCUT2D eigenvalue weighted by atomic mass is 35.5. The first-order chi connectivity index (χ1) is 11.6. The second kappa shape index (κ2) is 7.14. The van der Waals surface area contributed by atoms with Crippen LogP contribution in [0.4, 0.5) is 10.1 Å². The Hall–Kier alpha value is -1.92. The molecule has 1 aromatic carbocycles. The Balaban J connectivity index is 0.00000182. The normalized spacial score (nSPS) is 22.0. The molecular weight excluding hydrogens is 343 g/mol. The van der Waals surface area contributed by atoms with Gasteiger partial charge in [-0.05, 0) is 43.0 Å². The zero-order valence-corrected chi connectivity index (χ0v) is 14.9. The molecule has 2 N–H and O–H groups in total. The molecule has 0 spiro atoms. The van der Waals surface area contributed by atoms with Gasteiger partial charge in [-0.1, -0.05) is 6.42 Å². The van der Waals surface area contributed by atoms with E-state index in [4.69, 9.17) is 0 Å². The lowest BCUT2D eigenvalue weighted by Crippen LogP contribution is -2.37. The van der Waals surface area contributed by atoms with Gasteiger partial charge in [-0.2, -0.15) is 5.10 Å². The van der Waals surface area contributed by atoms with Crippen molar-refractivity contribution in [3.8, 4) is 0 Å². The smallest absolute Gasteiger partial charge is 0.255 e. The van der Waals surface area contributed by atoms with Crippen molar-refractivity contribution in [2.45, 2.75) is 43.7 Å². The maximum atomic E-state index is 14.2. The van der Waals surface area contributed by atoms with Crippen molar-refractivity contribution in [1.29, 1.82) is 0 Å². The number of rotatable bonds is 5. The molecule has 4 rings (SSSR count). The SMILES string of the molecule is Cl.Cn1cc(NC(=O)c2ccc(F)c(C3CC3NC3CCC3)c2)cn1. The Kier molecular flexibility index (Phi) is 5.11. The van der Waals surface area contributed by atoms with Crippen LogP contribution in [-0.4, -0.2) is 27.8 Å². The molecule has 0 saturated heterocycles. The van der Waals surface area contributed by atoms with Crippen LogP contribution in [0.15, 0.2) is 30.6 Å². The third-order valence-electron chi connectivity index (χ3n) is 4.97. The lowest BCUT2D eigenvalue weighted by Gasteiger charge is -2.26. The van der Waals surface area contributed by atoms with E-state index in [9.17, 15) is 9.18 Å². The van der Waals surface area contributed by atoms with Crippen LogP contribution in [0, 0.1) is 5.82 Å². The third kappa shape index (κ3) is 3.85. The summed E-state index contributed by atoms with van der Waals surface area (Å²) >= 11 is 0. The molecular formula is C18H22ClFN4O. The van der Waals surface area contributed by atoms with Crippen molar-refractivity contribution in [3.05, 3.63) is 47.5 Å². The zero-order valence-electron chi connectivity index (χ0n) is 14.0. The maximum Gasteiger partial charge on any atom is 0.255 e. The third-order valence-corrected chi connectivity index (χ3v) is 4.97. The number of nitrogens with zero attached hydrogens (tertiary/aromatic N) is 2. The van der Waals surface area contributed by atoms with Gasteiger partial charge in [0.05, 0.1) is 11.9 Å². The molecule has 1 heterocycles. The van der Waals surface area contributed by atoms with E-state index < -0.39 is 0 Å². The van der Waals surface area contributed by atoms with Crippen LogP contribution in [-0.2, 0) is 7.05 Å². The number of carbonyl (C=O) groups is 1. The standard InChI is InChI=1S/C18H21FN4O.ClH/c1-23-10-13(9-20-23)22-18(24)11-5-6-16(19)14(7-11)15-8-17(15)21-12-3-2-4-12;/h5-7,9-10,12,15,17,21H,2-4,8H2,1H3,(H,22,24);1H. The molecule has 2 aliphatic rings. The van der Waals surface area contributed by atoms with Crippen molar-refractivity contribution < 1.29 is 9.18 Å². The minimum atomic E-state index is -0.242. The lowest BCUT2D eigenvalue weighted by molar-refractivity contribution is 0.102. The minimum absolute atomic E-state index is 0. The molecule has 25 heavy (non-hydrogen) atoms. The molecule has 2 atom stereocenters. The minimum Gasteiger partial charge on any atom is -0.319 e. The Bertz CT molecular complexity index is 774. The monoisotopic (exact) mass is 364 g/mol. The number of benzene rings is 1. The van der Waals surface area contributed by atoms with Gasteiger partial charge in [0, 0.05) is 36.8 Å². The Labute approximate surface area is 152 Å². The summed E-state index contributed by atoms with van der Waals surface area (Å²) in [5, 5.41) is 10.4. The molecule has 1 amide bonds. The van der Waals surface area contributed by atoms with Crippen LogP contribution in [0.3, 0.4) is 0 Å². The van der Waals surface area contributed by atoms with Crippen molar-refractivity contribution >= 4 is 24.0 Å². The summed E-state index contributed by atoms with van der Waals surface area (Å²) in [6.45, 7) is 0. The van der Waals surface area contributed by atoms with E-state index in [1.165, 1.54) is 31.4 Å². The number of nitrogens with one attached hydrogen (secondary N) is 2. The number of hydrogen-bond acceptors (Lipinski definition) is 3. The van der Waals surface area contributed by atoms with Gasteiger partial charge in [-0.15, -0.1) is 12.4 Å². The number of carbonyl (C=O) groups excluding carboxylic acids is 1. The van der Waals surface area contributed by atoms with Crippen molar-refractivity contribution in [1.82, 2.24) is 15.1 Å². The molecule has 2 unspecified atom stereocenters. The highest BCUT2D eigenvalue weighted by Crippen LogP contribution is 2.43. The van der Waals surface area contributed by atoms with Gasteiger partial charge in [-0.25, -0.2) is 4.39 Å². The highest BCUT2D eigenvalue weighted by Gasteiger charge is 2.41. The fraction of sp³-hybridized carbons (Fsp3) is 0.444. The molecule has 2 saturated carbocycles. The quantitative estimate of drug-likeness (QED) is 0.856. The molecule has 0 radical (unpaired) electrons. The van der Waals surface area contributed by atoms with Crippen LogP contribution >= 0.6 is 12.4 Å². The first-order valence-corrected chi connectivity index (χ1v) is 8.45. The molecule has 7 heteroatoms. The van der Waals surface area contributed by atoms with E-state index in [1.54, 1.807) is 30.2 Å². The predicted molar refractivity (Wildman–Crippen MR) is 96.7 cm³/mol. The predicted octanol–water partition coefficient (Wildman–Crippen LogP) is 3.23. The average Bonchev–Trinajstić information content (AvgIpc) is 3.17. The molecule has 1 aromatic heterocycles. The first-order valence-electron chi connectivity index (χ1n) is 8.45. The Morgan fingerprint density at radius 3 is 2.80 bits per heavy atom. The summed E-state index contributed by atoms with van der Waals surface area (Å²) in [4.78, 5) is 12.4. The van der Waals surface area contributed by atoms with E-state index in [0.717, 1.165) is 6.42 Å². The van der Waals surface area contributed by atoms with Crippen LogP contribution in [0.25, 0.3) is 0 Å². The van der Waals surface area contributed by atoms with Gasteiger partial charge in [0.15, 0.2) is 0 Å². The number of anilines is 1. The fourth-order valence-corrected chi connectivity index (χ4v) is 3.26. The molecule has 0 bridgehead atoms. The van der Waals surface area contributed by atoms with E-state index in [-0.39, 0.29) is 30.0 Å².